The van der Waals surface area contributed by atoms with E-state index in [1.54, 1.807) is 54.7 Å². The number of benzene rings is 1. The van der Waals surface area contributed by atoms with Crippen LogP contribution in [0.4, 0.5) is 10.1 Å². The predicted octanol–water partition coefficient (Wildman–Crippen LogP) is 4.16. The number of nitrogens with zero attached hydrogens (tertiary/aromatic N) is 3. The number of nitrogens with one attached hydrogen (secondary N) is 3. The van der Waals surface area contributed by atoms with Crippen LogP contribution in [0, 0.1) is 11.7 Å². The van der Waals surface area contributed by atoms with Crippen molar-refractivity contribution >= 4 is 29.7 Å². The fourth-order valence-electron chi connectivity index (χ4n) is 6.78. The van der Waals surface area contributed by atoms with Gasteiger partial charge in [0.1, 0.15) is 29.4 Å². The van der Waals surface area contributed by atoms with Crippen LogP contribution in [0.15, 0.2) is 30.5 Å². The minimum absolute atomic E-state index is 0.00854. The summed E-state index contributed by atoms with van der Waals surface area (Å²) in [5.74, 6) is -2.22. The number of likely N-dealkylation sites (tertiary alicyclic amines) is 1. The number of aryl methyl sites for hydroxylation is 1. The zero-order valence-corrected chi connectivity index (χ0v) is 28.2. The van der Waals surface area contributed by atoms with Crippen molar-refractivity contribution in [2.75, 3.05) is 25.0 Å². The minimum atomic E-state index is -1.27. The number of aldehydes is 1. The molecule has 12 heteroatoms. The molecular formula is C35H51FN6O5. The molecule has 47 heavy (non-hydrogen) atoms. The Labute approximate surface area is 277 Å². The lowest BCUT2D eigenvalue weighted by Gasteiger charge is -2.38. The highest BCUT2D eigenvalue weighted by atomic mass is 19.1. The van der Waals surface area contributed by atoms with Crippen molar-refractivity contribution in [3.63, 3.8) is 0 Å². The van der Waals surface area contributed by atoms with Gasteiger partial charge in [-0.15, -0.1) is 0 Å². The Morgan fingerprint density at radius 3 is 2.40 bits per heavy atom. The third-order valence-electron chi connectivity index (χ3n) is 10.0. The molecule has 0 unspecified atom stereocenters. The van der Waals surface area contributed by atoms with Crippen molar-refractivity contribution in [2.24, 2.45) is 5.92 Å². The quantitative estimate of drug-likeness (QED) is 0.187. The van der Waals surface area contributed by atoms with E-state index in [1.807, 2.05) is 6.92 Å². The summed E-state index contributed by atoms with van der Waals surface area (Å²) in [6, 6.07) is 5.33. The van der Waals surface area contributed by atoms with Gasteiger partial charge in [-0.25, -0.2) is 4.39 Å². The first kappa shape index (κ1) is 36.0. The Kier molecular flexibility index (Phi) is 12.2. The van der Waals surface area contributed by atoms with Crippen LogP contribution in [-0.2, 0) is 20.9 Å². The molecule has 1 aromatic heterocycles. The molecule has 11 nitrogen and oxygen atoms in total. The van der Waals surface area contributed by atoms with Gasteiger partial charge >= 0.3 is 0 Å². The maximum absolute atomic E-state index is 15.8. The first-order chi connectivity index (χ1) is 22.4. The van der Waals surface area contributed by atoms with Crippen LogP contribution in [0.2, 0.25) is 0 Å². The molecule has 0 radical (unpaired) electrons. The maximum atomic E-state index is 15.8. The van der Waals surface area contributed by atoms with Crippen molar-refractivity contribution in [3.05, 3.63) is 47.5 Å². The maximum Gasteiger partial charge on any atom is 0.270 e. The number of carbonyl (C=O) groups is 4. The molecule has 2 aliphatic rings. The summed E-state index contributed by atoms with van der Waals surface area (Å²) in [5, 5.41) is 23.5. The van der Waals surface area contributed by atoms with E-state index in [0.29, 0.717) is 43.7 Å². The topological polar surface area (TPSA) is 146 Å². The second-order valence-electron chi connectivity index (χ2n) is 13.4. The normalized spacial score (nSPS) is 19.5. The molecule has 3 amide bonds. The van der Waals surface area contributed by atoms with Gasteiger partial charge in [0.2, 0.25) is 11.8 Å². The van der Waals surface area contributed by atoms with E-state index in [4.69, 9.17) is 0 Å². The van der Waals surface area contributed by atoms with E-state index in [-0.39, 0.29) is 36.4 Å². The monoisotopic (exact) mass is 654 g/mol. The number of carbonyl (C=O) groups excluding carboxylic acids is 4. The van der Waals surface area contributed by atoms with Gasteiger partial charge in [0, 0.05) is 44.7 Å². The third-order valence-corrected chi connectivity index (χ3v) is 10.0. The fraction of sp³-hybridized carbons (Fsp3) is 0.629. The molecule has 1 saturated carbocycles. The summed E-state index contributed by atoms with van der Waals surface area (Å²) in [6.07, 6.45) is 8.93. The van der Waals surface area contributed by atoms with Gasteiger partial charge in [-0.2, -0.15) is 5.10 Å². The average Bonchev–Trinajstić information content (AvgIpc) is 3.38. The molecule has 0 bridgehead atoms. The van der Waals surface area contributed by atoms with Crippen molar-refractivity contribution < 1.29 is 28.7 Å². The Bertz CT molecular complexity index is 1390. The predicted molar refractivity (Wildman–Crippen MR) is 177 cm³/mol. The van der Waals surface area contributed by atoms with E-state index in [1.165, 1.54) is 6.07 Å². The summed E-state index contributed by atoms with van der Waals surface area (Å²) < 4.78 is 17.3. The Hall–Kier alpha value is -3.80. The van der Waals surface area contributed by atoms with Gasteiger partial charge in [0.05, 0.1) is 11.3 Å². The molecule has 0 spiro atoms. The molecule has 1 aliphatic heterocycles. The summed E-state index contributed by atoms with van der Waals surface area (Å²) in [6.45, 7) is 8.33. The standard InChI is InChI=1S/C35H51FN6O5/c1-5-30(44)39-31(33(46)41-19-16-34(4,47)17-20-41)24(3)25-13-14-28(27(36)21-25)37-22-35(23-43,26-11-9-7-8-10-12-26)40-32(45)29-15-18-38-42(29)6-2/h13-15,18,21,23-24,26,31,37,47H,5-12,16-17,19-20,22H2,1-4H3,(H,39,44)(H,40,45)/t24-,31+,35+/m0/s1. The van der Waals surface area contributed by atoms with Crippen LogP contribution in [-0.4, -0.2) is 80.6 Å². The van der Waals surface area contributed by atoms with Gasteiger partial charge < -0.3 is 30.8 Å². The van der Waals surface area contributed by atoms with E-state index in [2.05, 4.69) is 21.0 Å². The van der Waals surface area contributed by atoms with Crippen LogP contribution in [0.3, 0.4) is 0 Å². The van der Waals surface area contributed by atoms with Crippen molar-refractivity contribution in [3.8, 4) is 0 Å². The number of halogens is 1. The molecule has 3 atom stereocenters. The number of amides is 3. The van der Waals surface area contributed by atoms with Crippen LogP contribution >= 0.6 is 0 Å². The summed E-state index contributed by atoms with van der Waals surface area (Å²) in [4.78, 5) is 54.1. The number of piperidine rings is 1. The first-order valence-corrected chi connectivity index (χ1v) is 17.1. The zero-order chi connectivity index (χ0) is 34.2. The second-order valence-corrected chi connectivity index (χ2v) is 13.4. The van der Waals surface area contributed by atoms with Gasteiger partial charge in [-0.3, -0.25) is 19.1 Å². The molecule has 4 rings (SSSR count). The summed E-state index contributed by atoms with van der Waals surface area (Å²) in [7, 11) is 0. The molecule has 1 saturated heterocycles. The molecule has 2 heterocycles. The van der Waals surface area contributed by atoms with E-state index in [0.717, 1.165) is 44.8 Å². The van der Waals surface area contributed by atoms with Crippen LogP contribution in [0.1, 0.15) is 107 Å². The smallest absolute Gasteiger partial charge is 0.270 e. The van der Waals surface area contributed by atoms with Crippen LogP contribution in [0.25, 0.3) is 0 Å². The van der Waals surface area contributed by atoms with Crippen molar-refractivity contribution in [1.82, 2.24) is 25.3 Å². The largest absolute Gasteiger partial charge is 0.390 e. The second kappa shape index (κ2) is 15.9. The molecule has 4 N–H and O–H groups in total. The number of aromatic nitrogens is 2. The zero-order valence-electron chi connectivity index (χ0n) is 28.2. The minimum Gasteiger partial charge on any atom is -0.390 e. The third kappa shape index (κ3) is 8.77. The number of rotatable bonds is 13. The lowest BCUT2D eigenvalue weighted by Crippen LogP contribution is -2.59. The number of hydrogen-bond acceptors (Lipinski definition) is 7. The molecule has 1 aromatic carbocycles. The van der Waals surface area contributed by atoms with Crippen LogP contribution < -0.4 is 16.0 Å². The molecule has 2 fully saturated rings. The highest BCUT2D eigenvalue weighted by Crippen LogP contribution is 2.33. The SMILES string of the molecule is CCC(=O)N[C@@H](C(=O)N1CCC(C)(O)CC1)[C@@H](C)c1ccc(NC[C@](C=O)(NC(=O)c2ccnn2CC)C2CCCCCC2)c(F)c1. The lowest BCUT2D eigenvalue weighted by molar-refractivity contribution is -0.140. The van der Waals surface area contributed by atoms with E-state index < -0.39 is 34.8 Å². The molecule has 1 aliphatic carbocycles. The molecular weight excluding hydrogens is 603 g/mol. The van der Waals surface area contributed by atoms with Gasteiger partial charge in [0.15, 0.2) is 0 Å². The molecule has 258 valence electrons. The number of aliphatic hydroxyl groups is 1. The Morgan fingerprint density at radius 1 is 1.13 bits per heavy atom. The number of anilines is 1. The van der Waals surface area contributed by atoms with Gasteiger partial charge in [0.25, 0.3) is 5.91 Å². The fourth-order valence-corrected chi connectivity index (χ4v) is 6.78. The Balaban J connectivity index is 1.55. The number of hydrogen-bond donors (Lipinski definition) is 4. The molecule has 2 aromatic rings. The summed E-state index contributed by atoms with van der Waals surface area (Å²) >= 11 is 0. The van der Waals surface area contributed by atoms with Gasteiger partial charge in [-0.1, -0.05) is 45.6 Å². The first-order valence-electron chi connectivity index (χ1n) is 17.1. The van der Waals surface area contributed by atoms with E-state index >= 15 is 4.39 Å². The highest BCUT2D eigenvalue weighted by Gasteiger charge is 2.41. The van der Waals surface area contributed by atoms with Crippen molar-refractivity contribution in [1.29, 1.82) is 0 Å². The Morgan fingerprint density at radius 2 is 1.81 bits per heavy atom. The van der Waals surface area contributed by atoms with Gasteiger partial charge in [-0.05, 0) is 69.2 Å². The van der Waals surface area contributed by atoms with Crippen LogP contribution in [0.5, 0.6) is 0 Å². The highest BCUT2D eigenvalue weighted by molar-refractivity contribution is 5.95. The van der Waals surface area contributed by atoms with E-state index in [9.17, 15) is 24.3 Å². The van der Waals surface area contributed by atoms with Crippen molar-refractivity contribution in [2.45, 2.75) is 115 Å². The lowest BCUT2D eigenvalue weighted by atomic mass is 9.79. The average molecular weight is 655 g/mol. The summed E-state index contributed by atoms with van der Waals surface area (Å²) in [5.41, 5.74) is -1.07.